The standard InChI is InChI=1S/C6H10N2O2S/c1-3-11(9,10)8-6(2)4-5-7/h3-4H2,1-2H3. The zero-order valence-electron chi connectivity index (χ0n) is 6.53. The van der Waals surface area contributed by atoms with Gasteiger partial charge in [0.05, 0.1) is 18.2 Å². The van der Waals surface area contributed by atoms with Crippen molar-refractivity contribution in [1.29, 1.82) is 5.26 Å². The van der Waals surface area contributed by atoms with Crippen molar-refractivity contribution in [2.45, 2.75) is 20.3 Å². The van der Waals surface area contributed by atoms with Crippen LogP contribution in [0, 0.1) is 11.3 Å². The smallest absolute Gasteiger partial charge is 0.205 e. The molecule has 4 nitrogen and oxygen atoms in total. The van der Waals surface area contributed by atoms with Crippen LogP contribution in [0.25, 0.3) is 0 Å². The second-order valence-corrected chi connectivity index (χ2v) is 3.96. The van der Waals surface area contributed by atoms with Crippen LogP contribution in [-0.4, -0.2) is 19.9 Å². The molecule has 11 heavy (non-hydrogen) atoms. The molecule has 0 saturated carbocycles. The molecule has 0 aromatic rings. The lowest BCUT2D eigenvalue weighted by atomic mass is 10.3. The average Bonchev–Trinajstić information content (AvgIpc) is 1.87. The molecule has 0 heterocycles. The predicted molar refractivity (Wildman–Crippen MR) is 42.8 cm³/mol. The van der Waals surface area contributed by atoms with Crippen LogP contribution in [-0.2, 0) is 10.0 Å². The maximum absolute atomic E-state index is 10.8. The Kier molecular flexibility index (Phi) is 3.76. The van der Waals surface area contributed by atoms with Gasteiger partial charge in [0.2, 0.25) is 0 Å². The molecule has 0 aromatic carbocycles. The molecule has 0 spiro atoms. The van der Waals surface area contributed by atoms with Crippen molar-refractivity contribution in [3.63, 3.8) is 0 Å². The van der Waals surface area contributed by atoms with Crippen LogP contribution in [0.3, 0.4) is 0 Å². The van der Waals surface area contributed by atoms with E-state index in [2.05, 4.69) is 4.40 Å². The summed E-state index contributed by atoms with van der Waals surface area (Å²) in [6.07, 6.45) is 0.0687. The molecular weight excluding hydrogens is 164 g/mol. The van der Waals surface area contributed by atoms with Crippen LogP contribution in [0.2, 0.25) is 0 Å². The van der Waals surface area contributed by atoms with E-state index in [4.69, 9.17) is 5.26 Å². The minimum atomic E-state index is -3.30. The topological polar surface area (TPSA) is 70.3 Å². The third-order valence-corrected chi connectivity index (χ3v) is 2.31. The Morgan fingerprint density at radius 3 is 2.55 bits per heavy atom. The first kappa shape index (κ1) is 10.1. The summed E-state index contributed by atoms with van der Waals surface area (Å²) in [6, 6.07) is 1.82. The first-order valence-corrected chi connectivity index (χ1v) is 4.78. The molecule has 5 heteroatoms. The second kappa shape index (κ2) is 4.09. The van der Waals surface area contributed by atoms with Crippen LogP contribution in [0.15, 0.2) is 4.40 Å². The molecule has 0 aliphatic rings. The zero-order valence-corrected chi connectivity index (χ0v) is 7.35. The van der Waals surface area contributed by atoms with Crippen LogP contribution in [0.1, 0.15) is 20.3 Å². The average molecular weight is 174 g/mol. The summed E-state index contributed by atoms with van der Waals surface area (Å²) in [5, 5.41) is 8.18. The molecule has 0 atom stereocenters. The van der Waals surface area contributed by atoms with Gasteiger partial charge in [-0.05, 0) is 13.8 Å². The predicted octanol–water partition coefficient (Wildman–Crippen LogP) is 0.711. The third-order valence-electron chi connectivity index (χ3n) is 0.995. The molecule has 0 N–H and O–H groups in total. The molecule has 62 valence electrons. The molecule has 0 fully saturated rings. The summed E-state index contributed by atoms with van der Waals surface area (Å²) in [7, 11) is -3.30. The van der Waals surface area contributed by atoms with Crippen LogP contribution in [0.4, 0.5) is 0 Å². The van der Waals surface area contributed by atoms with Crippen molar-refractivity contribution in [3.8, 4) is 6.07 Å². The second-order valence-electron chi connectivity index (χ2n) is 2.03. The lowest BCUT2D eigenvalue weighted by Crippen LogP contribution is -2.02. The summed E-state index contributed by atoms with van der Waals surface area (Å²) in [4.78, 5) is 0. The largest absolute Gasteiger partial charge is 0.252 e. The van der Waals surface area contributed by atoms with Gasteiger partial charge in [-0.3, -0.25) is 0 Å². The van der Waals surface area contributed by atoms with E-state index in [1.165, 1.54) is 13.8 Å². The molecule has 0 bridgehead atoms. The van der Waals surface area contributed by atoms with Gasteiger partial charge in [-0.25, -0.2) is 8.42 Å². The van der Waals surface area contributed by atoms with E-state index in [-0.39, 0.29) is 12.2 Å². The SMILES string of the molecule is CCS(=O)(=O)N=C(C)CC#N. The third kappa shape index (κ3) is 4.51. The van der Waals surface area contributed by atoms with Gasteiger partial charge in [0.1, 0.15) is 0 Å². The van der Waals surface area contributed by atoms with Crippen molar-refractivity contribution in [2.75, 3.05) is 5.75 Å². The van der Waals surface area contributed by atoms with Crippen molar-refractivity contribution < 1.29 is 8.42 Å². The van der Waals surface area contributed by atoms with Crippen LogP contribution >= 0.6 is 0 Å². The Morgan fingerprint density at radius 1 is 1.64 bits per heavy atom. The van der Waals surface area contributed by atoms with E-state index in [1.54, 1.807) is 0 Å². The Bertz CT molecular complexity index is 284. The van der Waals surface area contributed by atoms with Gasteiger partial charge in [0.15, 0.2) is 0 Å². The van der Waals surface area contributed by atoms with E-state index in [1.807, 2.05) is 6.07 Å². The van der Waals surface area contributed by atoms with Crippen molar-refractivity contribution in [1.82, 2.24) is 0 Å². The normalized spacial score (nSPS) is 12.6. The van der Waals surface area contributed by atoms with Gasteiger partial charge in [0.25, 0.3) is 10.0 Å². The summed E-state index contributed by atoms with van der Waals surface area (Å²) < 4.78 is 25.0. The molecule has 0 radical (unpaired) electrons. The summed E-state index contributed by atoms with van der Waals surface area (Å²) in [6.45, 7) is 3.04. The molecule has 0 aliphatic carbocycles. The number of rotatable bonds is 3. The van der Waals surface area contributed by atoms with Gasteiger partial charge >= 0.3 is 0 Å². The van der Waals surface area contributed by atoms with Crippen molar-refractivity contribution >= 4 is 15.7 Å². The minimum Gasteiger partial charge on any atom is -0.205 e. The van der Waals surface area contributed by atoms with Gasteiger partial charge in [0, 0.05) is 5.71 Å². The summed E-state index contributed by atoms with van der Waals surface area (Å²) in [5.74, 6) is -0.0181. The maximum atomic E-state index is 10.8. The molecule has 0 aromatic heterocycles. The first-order chi connectivity index (χ1) is 5.02. The zero-order chi connectivity index (χ0) is 8.91. The highest BCUT2D eigenvalue weighted by Gasteiger charge is 2.03. The van der Waals surface area contributed by atoms with E-state index < -0.39 is 10.0 Å². The fourth-order valence-electron chi connectivity index (χ4n) is 0.449. The fourth-order valence-corrected chi connectivity index (χ4v) is 1.12. The lowest BCUT2D eigenvalue weighted by Gasteiger charge is -1.93. The van der Waals surface area contributed by atoms with Crippen molar-refractivity contribution in [2.24, 2.45) is 4.40 Å². The van der Waals surface area contributed by atoms with Crippen molar-refractivity contribution in [3.05, 3.63) is 0 Å². The maximum Gasteiger partial charge on any atom is 0.252 e. The highest BCUT2D eigenvalue weighted by atomic mass is 32.2. The summed E-state index contributed by atoms with van der Waals surface area (Å²) in [5.41, 5.74) is 0.342. The number of nitrogens with zero attached hydrogens (tertiary/aromatic N) is 2. The molecule has 0 saturated heterocycles. The lowest BCUT2D eigenvalue weighted by molar-refractivity contribution is 0.599. The number of hydrogen-bond donors (Lipinski definition) is 0. The van der Waals surface area contributed by atoms with Gasteiger partial charge in [-0.15, -0.1) is 0 Å². The molecular formula is C6H10N2O2S. The quantitative estimate of drug-likeness (QED) is 0.591. The van der Waals surface area contributed by atoms with E-state index in [0.717, 1.165) is 0 Å². The van der Waals surface area contributed by atoms with Crippen LogP contribution in [0.5, 0.6) is 0 Å². The van der Waals surface area contributed by atoms with Gasteiger partial charge in [-0.1, -0.05) is 0 Å². The van der Waals surface area contributed by atoms with E-state index in [0.29, 0.717) is 5.71 Å². The van der Waals surface area contributed by atoms with E-state index in [9.17, 15) is 8.42 Å². The monoisotopic (exact) mass is 174 g/mol. The Morgan fingerprint density at radius 2 is 2.18 bits per heavy atom. The summed E-state index contributed by atoms with van der Waals surface area (Å²) >= 11 is 0. The van der Waals surface area contributed by atoms with Gasteiger partial charge in [-0.2, -0.15) is 9.66 Å². The minimum absolute atomic E-state index is 0.0181. The highest BCUT2D eigenvalue weighted by Crippen LogP contribution is 1.94. The number of nitriles is 1. The van der Waals surface area contributed by atoms with E-state index >= 15 is 0 Å². The Hall–Kier alpha value is -0.890. The van der Waals surface area contributed by atoms with Crippen LogP contribution < -0.4 is 0 Å². The fraction of sp³-hybridized carbons (Fsp3) is 0.667. The first-order valence-electron chi connectivity index (χ1n) is 3.17. The number of hydrogen-bond acceptors (Lipinski definition) is 3. The Balaban J connectivity index is 4.46. The Labute approximate surface area is 66.6 Å². The molecule has 0 amide bonds. The molecule has 0 unspecified atom stereocenters. The molecule has 0 rings (SSSR count). The molecule has 0 aliphatic heterocycles. The van der Waals surface area contributed by atoms with Gasteiger partial charge < -0.3 is 0 Å². The number of sulfonamides is 1. The highest BCUT2D eigenvalue weighted by molar-refractivity contribution is 7.90.